The van der Waals surface area contributed by atoms with E-state index in [1.807, 2.05) is 38.1 Å². The van der Waals surface area contributed by atoms with Gasteiger partial charge in [-0.25, -0.2) is 4.39 Å². The van der Waals surface area contributed by atoms with Crippen LogP contribution in [-0.4, -0.2) is 33.6 Å². The fourth-order valence-corrected chi connectivity index (χ4v) is 6.03. The van der Waals surface area contributed by atoms with Gasteiger partial charge in [0.15, 0.2) is 4.34 Å². The second kappa shape index (κ2) is 11.4. The molecule has 1 fully saturated rings. The van der Waals surface area contributed by atoms with Crippen molar-refractivity contribution < 1.29 is 23.8 Å². The third kappa shape index (κ3) is 5.57. The number of carbonyl (C=O) groups is 2. The molecule has 39 heavy (non-hydrogen) atoms. The zero-order valence-corrected chi connectivity index (χ0v) is 22.8. The number of anilines is 1. The number of aliphatic hydroxyl groups is 1. The Morgan fingerprint density at radius 1 is 1.03 bits per heavy atom. The van der Waals surface area contributed by atoms with Gasteiger partial charge in [0.2, 0.25) is 5.13 Å². The minimum atomic E-state index is -0.964. The van der Waals surface area contributed by atoms with Crippen molar-refractivity contribution in [2.24, 2.45) is 0 Å². The van der Waals surface area contributed by atoms with E-state index in [9.17, 15) is 19.1 Å². The Hall–Kier alpha value is -4.02. The molecule has 0 spiro atoms. The Labute approximate surface area is 233 Å². The molecule has 0 radical (unpaired) electrons. The van der Waals surface area contributed by atoms with Crippen molar-refractivity contribution in [3.63, 3.8) is 0 Å². The summed E-state index contributed by atoms with van der Waals surface area (Å²) in [4.78, 5) is 27.9. The molecule has 10 heteroatoms. The number of amides is 1. The van der Waals surface area contributed by atoms with Gasteiger partial charge in [-0.2, -0.15) is 0 Å². The Bertz CT molecular complexity index is 1530. The Morgan fingerprint density at radius 3 is 2.38 bits per heavy atom. The first kappa shape index (κ1) is 26.6. The number of hydrogen-bond donors (Lipinski definition) is 1. The van der Waals surface area contributed by atoms with Gasteiger partial charge in [-0.15, -0.1) is 10.2 Å². The lowest BCUT2D eigenvalue weighted by Crippen LogP contribution is -2.29. The number of aromatic nitrogens is 2. The van der Waals surface area contributed by atoms with Crippen LogP contribution in [0.15, 0.2) is 82.7 Å². The molecule has 1 aliphatic rings. The number of nitrogens with zero attached hydrogens (tertiary/aromatic N) is 3. The maximum absolute atomic E-state index is 13.5. The predicted molar refractivity (Wildman–Crippen MR) is 149 cm³/mol. The van der Waals surface area contributed by atoms with Crippen LogP contribution in [0.5, 0.6) is 5.75 Å². The van der Waals surface area contributed by atoms with Gasteiger partial charge in [-0.3, -0.25) is 14.5 Å². The van der Waals surface area contributed by atoms with E-state index < -0.39 is 29.3 Å². The molecule has 0 bridgehead atoms. The van der Waals surface area contributed by atoms with Crippen molar-refractivity contribution in [3.05, 3.63) is 106 Å². The SMILES string of the molecule is CCOc1ccc(C2/C(=C(/O)c3ccc(F)cc3)C(=O)C(=O)N2c2nnc(SCc3ccc(C)cc3)s2)cc1. The normalized spacial score (nSPS) is 16.6. The van der Waals surface area contributed by atoms with Crippen LogP contribution in [0.2, 0.25) is 0 Å². The molecule has 1 aliphatic heterocycles. The van der Waals surface area contributed by atoms with E-state index in [0.29, 0.717) is 28.0 Å². The van der Waals surface area contributed by atoms with Crippen LogP contribution >= 0.6 is 23.1 Å². The van der Waals surface area contributed by atoms with Gasteiger partial charge in [0, 0.05) is 11.3 Å². The first-order valence-corrected chi connectivity index (χ1v) is 14.0. The third-order valence-corrected chi connectivity index (χ3v) is 8.28. The molecule has 1 unspecified atom stereocenters. The van der Waals surface area contributed by atoms with Crippen LogP contribution in [0.3, 0.4) is 0 Å². The molecule has 1 atom stereocenters. The van der Waals surface area contributed by atoms with Crippen molar-refractivity contribution in [2.45, 2.75) is 30.0 Å². The van der Waals surface area contributed by atoms with Gasteiger partial charge >= 0.3 is 5.91 Å². The molecule has 0 aliphatic carbocycles. The highest BCUT2D eigenvalue weighted by Crippen LogP contribution is 2.44. The highest BCUT2D eigenvalue weighted by molar-refractivity contribution is 8.00. The summed E-state index contributed by atoms with van der Waals surface area (Å²) in [5.74, 6) is -1.28. The van der Waals surface area contributed by atoms with Gasteiger partial charge < -0.3 is 9.84 Å². The van der Waals surface area contributed by atoms with Crippen LogP contribution in [-0.2, 0) is 15.3 Å². The maximum atomic E-state index is 13.5. The zero-order chi connectivity index (χ0) is 27.5. The van der Waals surface area contributed by atoms with E-state index in [1.54, 1.807) is 24.3 Å². The van der Waals surface area contributed by atoms with E-state index >= 15 is 0 Å². The number of ether oxygens (including phenoxy) is 1. The van der Waals surface area contributed by atoms with Gasteiger partial charge in [-0.05, 0) is 61.4 Å². The van der Waals surface area contributed by atoms with Crippen molar-refractivity contribution in [2.75, 3.05) is 11.5 Å². The third-order valence-electron chi connectivity index (χ3n) is 6.15. The molecule has 1 aromatic heterocycles. The van der Waals surface area contributed by atoms with Crippen molar-refractivity contribution in [3.8, 4) is 5.75 Å². The fraction of sp³-hybridized carbons (Fsp3) is 0.172. The average Bonchev–Trinajstić information content (AvgIpc) is 3.51. The Morgan fingerprint density at radius 2 is 1.72 bits per heavy atom. The molecule has 3 aromatic carbocycles. The number of carbonyl (C=O) groups excluding carboxylic acids is 2. The van der Waals surface area contributed by atoms with Crippen LogP contribution in [0, 0.1) is 12.7 Å². The summed E-state index contributed by atoms with van der Waals surface area (Å²) in [5.41, 5.74) is 2.98. The molecule has 1 N–H and O–H groups in total. The molecule has 1 amide bonds. The summed E-state index contributed by atoms with van der Waals surface area (Å²) in [7, 11) is 0. The van der Waals surface area contributed by atoms with Crippen LogP contribution < -0.4 is 9.64 Å². The first-order valence-electron chi connectivity index (χ1n) is 12.2. The van der Waals surface area contributed by atoms with Gasteiger partial charge in [-0.1, -0.05) is 65.1 Å². The highest BCUT2D eigenvalue weighted by Gasteiger charge is 2.48. The van der Waals surface area contributed by atoms with Gasteiger partial charge in [0.1, 0.15) is 17.3 Å². The number of aryl methyl sites for hydroxylation is 1. The zero-order valence-electron chi connectivity index (χ0n) is 21.1. The molecule has 198 valence electrons. The van der Waals surface area contributed by atoms with Crippen LogP contribution in [0.25, 0.3) is 5.76 Å². The number of Topliss-reactive ketones (excluding diaryl/α,β-unsaturated/α-hetero) is 1. The molecule has 5 rings (SSSR count). The number of rotatable bonds is 8. The van der Waals surface area contributed by atoms with Crippen molar-refractivity contribution >= 4 is 45.7 Å². The summed E-state index contributed by atoms with van der Waals surface area (Å²) in [6.07, 6.45) is 0. The topological polar surface area (TPSA) is 92.6 Å². The second-order valence-corrected chi connectivity index (χ2v) is 11.0. The quantitative estimate of drug-likeness (QED) is 0.0887. The summed E-state index contributed by atoms with van der Waals surface area (Å²) < 4.78 is 19.7. The lowest BCUT2D eigenvalue weighted by Gasteiger charge is -2.22. The smallest absolute Gasteiger partial charge is 0.301 e. The summed E-state index contributed by atoms with van der Waals surface area (Å²) in [6.45, 7) is 4.38. The lowest BCUT2D eigenvalue weighted by atomic mass is 9.95. The summed E-state index contributed by atoms with van der Waals surface area (Å²) in [5, 5.41) is 19.9. The van der Waals surface area contributed by atoms with Crippen LogP contribution in [0.4, 0.5) is 9.52 Å². The van der Waals surface area contributed by atoms with E-state index in [4.69, 9.17) is 4.74 Å². The van der Waals surface area contributed by atoms with Crippen molar-refractivity contribution in [1.29, 1.82) is 0 Å². The summed E-state index contributed by atoms with van der Waals surface area (Å²) in [6, 6.07) is 19.2. The number of hydrogen-bond acceptors (Lipinski definition) is 8. The average molecular weight is 562 g/mol. The Kier molecular flexibility index (Phi) is 7.76. The molecule has 1 saturated heterocycles. The number of halogens is 1. The highest BCUT2D eigenvalue weighted by atomic mass is 32.2. The van der Waals surface area contributed by atoms with E-state index in [0.717, 1.165) is 5.56 Å². The molecule has 0 saturated carbocycles. The largest absolute Gasteiger partial charge is 0.507 e. The van der Waals surface area contributed by atoms with E-state index in [2.05, 4.69) is 10.2 Å². The minimum Gasteiger partial charge on any atom is -0.507 e. The molecule has 4 aromatic rings. The first-order chi connectivity index (χ1) is 18.9. The van der Waals surface area contributed by atoms with Crippen molar-refractivity contribution in [1.82, 2.24) is 10.2 Å². The second-order valence-electron chi connectivity index (χ2n) is 8.80. The summed E-state index contributed by atoms with van der Waals surface area (Å²) >= 11 is 2.67. The van der Waals surface area contributed by atoms with Crippen LogP contribution in [0.1, 0.15) is 35.2 Å². The minimum absolute atomic E-state index is 0.111. The monoisotopic (exact) mass is 561 g/mol. The lowest BCUT2D eigenvalue weighted by molar-refractivity contribution is -0.132. The standard InChI is InChI=1S/C29H24FN3O4S2/c1-3-37-22-14-10-19(11-15-22)24-23(25(34)20-8-12-21(30)13-9-20)26(35)27(36)33(24)28-31-32-29(39-28)38-16-18-6-4-17(2)5-7-18/h4-15,24,34H,3,16H2,1-2H3/b25-23-. The van der Waals surface area contributed by atoms with E-state index in [1.165, 1.54) is 57.8 Å². The number of aliphatic hydroxyl groups excluding tert-OH is 1. The molecule has 7 nitrogen and oxygen atoms in total. The number of ketones is 1. The number of benzene rings is 3. The molecular formula is C29H24FN3O4S2. The van der Waals surface area contributed by atoms with Gasteiger partial charge in [0.25, 0.3) is 5.78 Å². The van der Waals surface area contributed by atoms with E-state index in [-0.39, 0.29) is 16.3 Å². The molecular weight excluding hydrogens is 537 g/mol. The van der Waals surface area contributed by atoms with Gasteiger partial charge in [0.05, 0.1) is 18.2 Å². The number of thioether (sulfide) groups is 1. The predicted octanol–water partition coefficient (Wildman–Crippen LogP) is 6.30. The maximum Gasteiger partial charge on any atom is 0.301 e. The molecule has 2 heterocycles. The Balaban J connectivity index is 1.52. The fourth-order valence-electron chi connectivity index (χ4n) is 4.21.